The molecule has 78 valence electrons. The minimum atomic E-state index is -4.14. The number of rotatable bonds is 5. The molecule has 0 saturated heterocycles. The normalized spacial score (nSPS) is 13.3. The summed E-state index contributed by atoms with van der Waals surface area (Å²) in [6.07, 6.45) is -4.78. The fraction of sp³-hybridized carbons (Fsp3) is 0.833. The lowest BCUT2D eigenvalue weighted by molar-refractivity contribution is -0.133. The summed E-state index contributed by atoms with van der Waals surface area (Å²) < 4.78 is 34.7. The average molecular weight is 199 g/mol. The van der Waals surface area contributed by atoms with Crippen LogP contribution in [-0.4, -0.2) is 30.3 Å². The van der Waals surface area contributed by atoms with Crippen LogP contribution in [0.5, 0.6) is 0 Å². The molecule has 0 spiro atoms. The maximum absolute atomic E-state index is 11.6. The van der Waals surface area contributed by atoms with Crippen LogP contribution in [0, 0.1) is 0 Å². The number of amidine groups is 1. The van der Waals surface area contributed by atoms with E-state index in [2.05, 4.69) is 10.5 Å². The summed E-state index contributed by atoms with van der Waals surface area (Å²) >= 11 is 0. The Hall–Kier alpha value is -0.980. The van der Waals surface area contributed by atoms with Crippen molar-refractivity contribution >= 4 is 5.84 Å². The number of hydrogen-bond donors (Lipinski definition) is 3. The standard InChI is InChI=1S/C6H12F3N3O/c7-6(8,9)2-4-11-3-1-5(10)12-13/h11,13H,1-4H2,(H2,10,12). The Kier molecular flexibility index (Phi) is 5.20. The van der Waals surface area contributed by atoms with Gasteiger partial charge in [0, 0.05) is 19.5 Å². The number of nitrogens with zero attached hydrogens (tertiary/aromatic N) is 1. The van der Waals surface area contributed by atoms with Crippen LogP contribution in [-0.2, 0) is 0 Å². The first-order chi connectivity index (χ1) is 5.95. The number of nitrogens with one attached hydrogen (secondary N) is 1. The molecule has 7 heteroatoms. The Bertz CT molecular complexity index is 169. The molecular weight excluding hydrogens is 187 g/mol. The van der Waals surface area contributed by atoms with Crippen LogP contribution in [0.3, 0.4) is 0 Å². The summed E-state index contributed by atoms with van der Waals surface area (Å²) in [5, 5.41) is 13.3. The summed E-state index contributed by atoms with van der Waals surface area (Å²) in [7, 11) is 0. The molecule has 0 unspecified atom stereocenters. The van der Waals surface area contributed by atoms with Crippen LogP contribution in [0.25, 0.3) is 0 Å². The van der Waals surface area contributed by atoms with Gasteiger partial charge >= 0.3 is 6.18 Å². The minimum absolute atomic E-state index is 0.000455. The van der Waals surface area contributed by atoms with Crippen molar-refractivity contribution in [1.29, 1.82) is 0 Å². The lowest BCUT2D eigenvalue weighted by atomic mass is 10.3. The van der Waals surface area contributed by atoms with Gasteiger partial charge in [0.1, 0.15) is 5.84 Å². The highest BCUT2D eigenvalue weighted by atomic mass is 19.4. The van der Waals surface area contributed by atoms with Gasteiger partial charge in [0.25, 0.3) is 0 Å². The summed E-state index contributed by atoms with van der Waals surface area (Å²) in [6.45, 7) is 0.119. The van der Waals surface area contributed by atoms with Gasteiger partial charge in [0.2, 0.25) is 0 Å². The topological polar surface area (TPSA) is 70.6 Å². The van der Waals surface area contributed by atoms with E-state index in [1.165, 1.54) is 0 Å². The molecule has 0 aliphatic heterocycles. The summed E-state index contributed by atoms with van der Waals surface area (Å²) in [6, 6.07) is 0. The quantitative estimate of drug-likeness (QED) is 0.200. The minimum Gasteiger partial charge on any atom is -0.409 e. The molecule has 13 heavy (non-hydrogen) atoms. The Morgan fingerprint density at radius 2 is 2.00 bits per heavy atom. The van der Waals surface area contributed by atoms with E-state index in [0.717, 1.165) is 0 Å². The fourth-order valence-corrected chi connectivity index (χ4v) is 0.622. The smallest absolute Gasteiger partial charge is 0.390 e. The van der Waals surface area contributed by atoms with Crippen LogP contribution in [0.2, 0.25) is 0 Å². The first-order valence-electron chi connectivity index (χ1n) is 3.69. The number of hydrogen-bond acceptors (Lipinski definition) is 3. The molecule has 0 atom stereocenters. The highest BCUT2D eigenvalue weighted by Crippen LogP contribution is 2.17. The Morgan fingerprint density at radius 3 is 2.46 bits per heavy atom. The second-order valence-corrected chi connectivity index (χ2v) is 2.46. The van der Waals surface area contributed by atoms with E-state index in [1.54, 1.807) is 0 Å². The van der Waals surface area contributed by atoms with E-state index < -0.39 is 12.6 Å². The Balaban J connectivity index is 3.28. The molecule has 0 aromatic heterocycles. The van der Waals surface area contributed by atoms with Gasteiger partial charge < -0.3 is 16.3 Å². The summed E-state index contributed by atoms with van der Waals surface area (Å²) in [5.74, 6) is -0.000455. The zero-order valence-electron chi connectivity index (χ0n) is 6.93. The average Bonchev–Trinajstić information content (AvgIpc) is 2.01. The molecule has 0 aromatic carbocycles. The molecule has 0 radical (unpaired) electrons. The van der Waals surface area contributed by atoms with Gasteiger partial charge in [-0.2, -0.15) is 13.2 Å². The third kappa shape index (κ3) is 8.93. The van der Waals surface area contributed by atoms with Gasteiger partial charge in [0.15, 0.2) is 0 Å². The lowest BCUT2D eigenvalue weighted by Gasteiger charge is -2.06. The van der Waals surface area contributed by atoms with Crippen molar-refractivity contribution in [3.8, 4) is 0 Å². The van der Waals surface area contributed by atoms with Gasteiger partial charge in [-0.05, 0) is 0 Å². The lowest BCUT2D eigenvalue weighted by Crippen LogP contribution is -2.26. The molecule has 0 rings (SSSR count). The number of oxime groups is 1. The third-order valence-corrected chi connectivity index (χ3v) is 1.27. The fourth-order valence-electron chi connectivity index (χ4n) is 0.622. The van der Waals surface area contributed by atoms with Crippen molar-refractivity contribution in [2.45, 2.75) is 19.0 Å². The van der Waals surface area contributed by atoms with E-state index in [1.807, 2.05) is 0 Å². The van der Waals surface area contributed by atoms with Crippen molar-refractivity contribution in [1.82, 2.24) is 5.32 Å². The SMILES string of the molecule is NC(CCNCCC(F)(F)F)=NO. The molecule has 0 bridgehead atoms. The number of nitrogens with two attached hydrogens (primary N) is 1. The van der Waals surface area contributed by atoms with Crippen LogP contribution in [0.1, 0.15) is 12.8 Å². The number of halogens is 3. The second-order valence-electron chi connectivity index (χ2n) is 2.46. The largest absolute Gasteiger partial charge is 0.409 e. The predicted molar refractivity (Wildman–Crippen MR) is 41.6 cm³/mol. The van der Waals surface area contributed by atoms with Crippen LogP contribution in [0.15, 0.2) is 5.16 Å². The van der Waals surface area contributed by atoms with Crippen molar-refractivity contribution in [2.75, 3.05) is 13.1 Å². The molecule has 0 amide bonds. The van der Waals surface area contributed by atoms with Gasteiger partial charge in [-0.3, -0.25) is 0 Å². The molecule has 0 aromatic rings. The highest BCUT2D eigenvalue weighted by Gasteiger charge is 2.25. The van der Waals surface area contributed by atoms with E-state index in [9.17, 15) is 13.2 Å². The highest BCUT2D eigenvalue weighted by molar-refractivity contribution is 5.79. The monoisotopic (exact) mass is 199 g/mol. The predicted octanol–water partition coefficient (Wildman–Crippen LogP) is 0.665. The molecule has 0 fully saturated rings. The van der Waals surface area contributed by atoms with Gasteiger partial charge in [-0.15, -0.1) is 0 Å². The second kappa shape index (κ2) is 5.63. The van der Waals surface area contributed by atoms with Crippen molar-refractivity contribution in [2.24, 2.45) is 10.9 Å². The Labute approximate surface area is 73.6 Å². The molecule has 0 aliphatic rings. The van der Waals surface area contributed by atoms with Gasteiger partial charge in [-0.25, -0.2) is 0 Å². The maximum atomic E-state index is 11.6. The van der Waals surface area contributed by atoms with E-state index in [-0.39, 0.29) is 25.3 Å². The molecule has 0 aliphatic carbocycles. The molecule has 4 N–H and O–H groups in total. The van der Waals surface area contributed by atoms with Gasteiger partial charge in [0.05, 0.1) is 6.42 Å². The third-order valence-electron chi connectivity index (χ3n) is 1.27. The summed E-state index contributed by atoms with van der Waals surface area (Å²) in [5.41, 5.74) is 5.08. The van der Waals surface area contributed by atoms with Gasteiger partial charge in [-0.1, -0.05) is 5.16 Å². The first kappa shape index (κ1) is 12.0. The van der Waals surface area contributed by atoms with Crippen molar-refractivity contribution in [3.05, 3.63) is 0 Å². The Morgan fingerprint density at radius 1 is 1.38 bits per heavy atom. The zero-order chi connectivity index (χ0) is 10.3. The van der Waals surface area contributed by atoms with Crippen molar-refractivity contribution < 1.29 is 18.4 Å². The first-order valence-corrected chi connectivity index (χ1v) is 3.69. The maximum Gasteiger partial charge on any atom is 0.390 e. The summed E-state index contributed by atoms with van der Waals surface area (Å²) in [4.78, 5) is 0. The van der Waals surface area contributed by atoms with E-state index >= 15 is 0 Å². The molecule has 0 saturated carbocycles. The molecular formula is C6H12F3N3O. The number of alkyl halides is 3. The van der Waals surface area contributed by atoms with Crippen LogP contribution < -0.4 is 11.1 Å². The van der Waals surface area contributed by atoms with Crippen molar-refractivity contribution in [3.63, 3.8) is 0 Å². The van der Waals surface area contributed by atoms with Crippen LogP contribution >= 0.6 is 0 Å². The van der Waals surface area contributed by atoms with Crippen LogP contribution in [0.4, 0.5) is 13.2 Å². The zero-order valence-corrected chi connectivity index (χ0v) is 6.93. The van der Waals surface area contributed by atoms with E-state index in [0.29, 0.717) is 0 Å². The molecule has 4 nitrogen and oxygen atoms in total. The van der Waals surface area contributed by atoms with E-state index in [4.69, 9.17) is 10.9 Å². The molecule has 0 heterocycles.